The molecule has 0 aliphatic heterocycles. The van der Waals surface area contributed by atoms with E-state index in [0.29, 0.717) is 5.92 Å². The van der Waals surface area contributed by atoms with Crippen molar-refractivity contribution in [2.45, 2.75) is 32.6 Å². The van der Waals surface area contributed by atoms with Crippen LogP contribution < -0.4 is 5.69 Å². The van der Waals surface area contributed by atoms with Crippen molar-refractivity contribution < 1.29 is 0 Å². The summed E-state index contributed by atoms with van der Waals surface area (Å²) >= 11 is 0. The van der Waals surface area contributed by atoms with Gasteiger partial charge in [-0.1, -0.05) is 19.1 Å². The molecule has 170 valence electrons. The quantitative estimate of drug-likeness (QED) is 0.496. The van der Waals surface area contributed by atoms with Gasteiger partial charge in [0.15, 0.2) is 0 Å². The summed E-state index contributed by atoms with van der Waals surface area (Å²) in [6.07, 6.45) is 8.55. The Morgan fingerprint density at radius 1 is 1.21 bits per heavy atom. The lowest BCUT2D eigenvalue weighted by Gasteiger charge is -2.21. The topological polar surface area (TPSA) is 92.3 Å². The number of hydrogen-bond donors (Lipinski definition) is 1. The number of aryl methyl sites for hydroxylation is 1. The Morgan fingerprint density at radius 3 is 2.71 bits per heavy atom. The monoisotopic (exact) mass is 450 g/mol. The lowest BCUT2D eigenvalue weighted by Crippen LogP contribution is -2.21. The number of allylic oxidation sites excluding steroid dienone is 1. The number of nitrogens with one attached hydrogen (secondary N) is 1. The van der Waals surface area contributed by atoms with Gasteiger partial charge in [-0.3, -0.25) is 14.6 Å². The SMILES string of the molecule is CC1Cc2[nH]ncc2C=C1c1ccnc(-c2cn(C)c(=O)n2-c2ccc(C(C)(C)C#N)cc2)c1. The first-order chi connectivity index (χ1) is 16.3. The summed E-state index contributed by atoms with van der Waals surface area (Å²) < 4.78 is 3.24. The van der Waals surface area contributed by atoms with Gasteiger partial charge in [-0.25, -0.2) is 4.79 Å². The molecule has 4 aromatic rings. The molecular weight excluding hydrogens is 424 g/mol. The number of nitrogens with zero attached hydrogens (tertiary/aromatic N) is 5. The second-order valence-electron chi connectivity index (χ2n) is 9.47. The first-order valence-electron chi connectivity index (χ1n) is 11.3. The molecule has 34 heavy (non-hydrogen) atoms. The Hall–Kier alpha value is -4.18. The number of aromatic nitrogens is 5. The molecule has 1 aromatic carbocycles. The largest absolute Gasteiger partial charge is 0.333 e. The Balaban J connectivity index is 1.59. The third kappa shape index (κ3) is 3.57. The van der Waals surface area contributed by atoms with Gasteiger partial charge in [0.05, 0.1) is 34.8 Å². The number of fused-ring (bicyclic) bond motifs is 1. The van der Waals surface area contributed by atoms with Crippen LogP contribution in [0.2, 0.25) is 0 Å². The maximum absolute atomic E-state index is 13.1. The van der Waals surface area contributed by atoms with E-state index < -0.39 is 5.41 Å². The van der Waals surface area contributed by atoms with Crippen LogP contribution in [0.4, 0.5) is 0 Å². The number of rotatable bonds is 4. The molecule has 0 spiro atoms. The van der Waals surface area contributed by atoms with E-state index in [2.05, 4.69) is 34.3 Å². The minimum Gasteiger partial charge on any atom is -0.301 e. The van der Waals surface area contributed by atoms with E-state index in [1.165, 1.54) is 5.57 Å². The normalized spacial score (nSPS) is 15.5. The number of aromatic amines is 1. The smallest absolute Gasteiger partial charge is 0.301 e. The molecule has 0 amide bonds. The highest BCUT2D eigenvalue weighted by molar-refractivity contribution is 5.85. The molecule has 0 saturated carbocycles. The first-order valence-corrected chi connectivity index (χ1v) is 11.3. The van der Waals surface area contributed by atoms with Crippen molar-refractivity contribution in [1.29, 1.82) is 5.26 Å². The van der Waals surface area contributed by atoms with E-state index in [4.69, 9.17) is 0 Å². The van der Waals surface area contributed by atoms with Crippen LogP contribution in [0.5, 0.6) is 0 Å². The summed E-state index contributed by atoms with van der Waals surface area (Å²) in [5.74, 6) is 0.331. The number of H-pyrrole nitrogens is 1. The fraction of sp³-hybridized carbons (Fsp3) is 0.259. The first kappa shape index (κ1) is 21.7. The number of hydrogen-bond acceptors (Lipinski definition) is 4. The Morgan fingerprint density at radius 2 is 1.97 bits per heavy atom. The number of nitriles is 1. The van der Waals surface area contributed by atoms with E-state index in [0.717, 1.165) is 45.9 Å². The van der Waals surface area contributed by atoms with Crippen molar-refractivity contribution in [1.82, 2.24) is 24.3 Å². The Bertz CT molecular complexity index is 1510. The zero-order chi connectivity index (χ0) is 24.0. The summed E-state index contributed by atoms with van der Waals surface area (Å²) in [4.78, 5) is 17.7. The van der Waals surface area contributed by atoms with Crippen molar-refractivity contribution in [3.8, 4) is 23.1 Å². The molecule has 1 atom stereocenters. The second kappa shape index (κ2) is 7.99. The summed E-state index contributed by atoms with van der Waals surface area (Å²) in [6, 6.07) is 14.0. The van der Waals surface area contributed by atoms with Gasteiger partial charge in [-0.15, -0.1) is 0 Å². The molecule has 1 unspecified atom stereocenters. The fourth-order valence-corrected chi connectivity index (χ4v) is 4.53. The fourth-order valence-electron chi connectivity index (χ4n) is 4.53. The number of pyridine rings is 1. The predicted octanol–water partition coefficient (Wildman–Crippen LogP) is 4.50. The summed E-state index contributed by atoms with van der Waals surface area (Å²) in [5.41, 5.74) is 6.91. The lowest BCUT2D eigenvalue weighted by molar-refractivity contribution is 0.686. The molecule has 1 aliphatic rings. The van der Waals surface area contributed by atoms with Crippen LogP contribution in [-0.2, 0) is 18.9 Å². The van der Waals surface area contributed by atoms with Crippen LogP contribution in [0.15, 0.2) is 59.8 Å². The van der Waals surface area contributed by atoms with Crippen LogP contribution in [0.1, 0.15) is 43.2 Å². The molecule has 7 heteroatoms. The summed E-state index contributed by atoms with van der Waals surface area (Å²) in [6.45, 7) is 5.97. The highest BCUT2D eigenvalue weighted by Crippen LogP contribution is 2.35. The Kier molecular flexibility index (Phi) is 5.09. The van der Waals surface area contributed by atoms with Crippen molar-refractivity contribution in [2.24, 2.45) is 13.0 Å². The molecule has 3 aromatic heterocycles. The molecule has 0 fully saturated rings. The third-order valence-corrected chi connectivity index (χ3v) is 6.64. The second-order valence-corrected chi connectivity index (χ2v) is 9.47. The van der Waals surface area contributed by atoms with Crippen LogP contribution >= 0.6 is 0 Å². The van der Waals surface area contributed by atoms with Crippen LogP contribution in [0, 0.1) is 17.2 Å². The molecule has 3 heterocycles. The van der Waals surface area contributed by atoms with Gasteiger partial charge in [0, 0.05) is 30.7 Å². The maximum atomic E-state index is 13.1. The molecule has 5 rings (SSSR count). The van der Waals surface area contributed by atoms with E-state index in [9.17, 15) is 10.1 Å². The van der Waals surface area contributed by atoms with Crippen LogP contribution in [0.3, 0.4) is 0 Å². The maximum Gasteiger partial charge on any atom is 0.333 e. The Labute approximate surface area is 198 Å². The van der Waals surface area contributed by atoms with E-state index >= 15 is 0 Å². The van der Waals surface area contributed by atoms with Gasteiger partial charge >= 0.3 is 5.69 Å². The van der Waals surface area contributed by atoms with Crippen LogP contribution in [-0.4, -0.2) is 24.3 Å². The van der Waals surface area contributed by atoms with Crippen molar-refractivity contribution in [2.75, 3.05) is 0 Å². The molecule has 0 radical (unpaired) electrons. The summed E-state index contributed by atoms with van der Waals surface area (Å²) in [7, 11) is 1.74. The molecule has 7 nitrogen and oxygen atoms in total. The standard InChI is InChI=1S/C27H26N6O/c1-17-11-23-19(14-30-31-23)12-22(17)18-9-10-29-24(13-18)25-15-32(4)26(34)33(25)21-7-5-20(6-8-21)27(2,3)16-28/h5-10,12-15,17H,11H2,1-4H3,(H,30,31). The van der Waals surface area contributed by atoms with Gasteiger partial charge in [0.1, 0.15) is 0 Å². The van der Waals surface area contributed by atoms with Gasteiger partial charge in [-0.2, -0.15) is 10.4 Å². The van der Waals surface area contributed by atoms with Gasteiger partial charge in [0.25, 0.3) is 0 Å². The zero-order valence-electron chi connectivity index (χ0n) is 19.7. The predicted molar refractivity (Wildman–Crippen MR) is 132 cm³/mol. The molecule has 1 N–H and O–H groups in total. The third-order valence-electron chi connectivity index (χ3n) is 6.64. The molecule has 0 bridgehead atoms. The van der Waals surface area contributed by atoms with Gasteiger partial charge in [0.2, 0.25) is 0 Å². The summed E-state index contributed by atoms with van der Waals surface area (Å²) in [5, 5.41) is 16.7. The van der Waals surface area contributed by atoms with Gasteiger partial charge in [-0.05, 0) is 73.2 Å². The van der Waals surface area contributed by atoms with E-state index in [-0.39, 0.29) is 5.69 Å². The number of imidazole rings is 1. The van der Waals surface area contributed by atoms with Crippen molar-refractivity contribution in [3.05, 3.63) is 87.9 Å². The molecule has 0 saturated heterocycles. The molecular formula is C27H26N6O. The lowest BCUT2D eigenvalue weighted by atomic mass is 9.84. The average Bonchev–Trinajstić information content (AvgIpc) is 3.42. The van der Waals surface area contributed by atoms with E-state index in [1.54, 1.807) is 22.4 Å². The van der Waals surface area contributed by atoms with Crippen molar-refractivity contribution >= 4 is 11.6 Å². The van der Waals surface area contributed by atoms with Gasteiger partial charge < -0.3 is 4.57 Å². The average molecular weight is 451 g/mol. The minimum atomic E-state index is -0.599. The van der Waals surface area contributed by atoms with E-state index in [1.807, 2.05) is 62.6 Å². The number of benzene rings is 1. The molecule has 1 aliphatic carbocycles. The highest BCUT2D eigenvalue weighted by Gasteiger charge is 2.23. The van der Waals surface area contributed by atoms with Crippen molar-refractivity contribution in [3.63, 3.8) is 0 Å². The zero-order valence-corrected chi connectivity index (χ0v) is 19.7. The highest BCUT2D eigenvalue weighted by atomic mass is 16.1. The minimum absolute atomic E-state index is 0.150. The van der Waals surface area contributed by atoms with Crippen LogP contribution in [0.25, 0.3) is 28.7 Å².